The van der Waals surface area contributed by atoms with Crippen LogP contribution in [0.3, 0.4) is 0 Å². The van der Waals surface area contributed by atoms with Crippen molar-refractivity contribution < 1.29 is 24.5 Å². The maximum absolute atomic E-state index is 11.1. The maximum Gasteiger partial charge on any atom is 0.341 e. The van der Waals surface area contributed by atoms with E-state index in [0.29, 0.717) is 22.2 Å². The average molecular weight is 424 g/mol. The summed E-state index contributed by atoms with van der Waals surface area (Å²) >= 11 is 11.3. The highest BCUT2D eigenvalue weighted by Crippen LogP contribution is 2.28. The number of aliphatic carboxylic acids is 2. The lowest BCUT2D eigenvalue weighted by molar-refractivity contribution is -0.140. The minimum atomic E-state index is -1.05. The summed E-state index contributed by atoms with van der Waals surface area (Å²) in [5, 5.41) is 19.2. The lowest BCUT2D eigenvalue weighted by Crippen LogP contribution is -2.09. The highest BCUT2D eigenvalue weighted by atomic mass is 35.5. The van der Waals surface area contributed by atoms with E-state index >= 15 is 0 Å². The second kappa shape index (κ2) is 10.0. The van der Waals surface area contributed by atoms with Gasteiger partial charge in [0.2, 0.25) is 0 Å². The monoisotopic (exact) mass is 423 g/mol. The van der Waals surface area contributed by atoms with Crippen LogP contribution >= 0.6 is 23.2 Å². The minimum absolute atomic E-state index is 0.300. The van der Waals surface area contributed by atoms with Gasteiger partial charge in [0, 0.05) is 22.1 Å². The fourth-order valence-corrected chi connectivity index (χ4v) is 3.10. The molecule has 2 aromatic carbocycles. The number of hydrogen-bond donors (Lipinski definition) is 3. The summed E-state index contributed by atoms with van der Waals surface area (Å²) in [4.78, 5) is 24.3. The van der Waals surface area contributed by atoms with Crippen LogP contribution in [0, 0.1) is 0 Å². The van der Waals surface area contributed by atoms with Gasteiger partial charge in [0.15, 0.2) is 6.61 Å². The summed E-state index contributed by atoms with van der Waals surface area (Å²) in [6.45, 7) is 1.47. The zero-order valence-electron chi connectivity index (χ0n) is 15.0. The van der Waals surface area contributed by atoms with E-state index in [0.717, 1.165) is 16.5 Å². The molecule has 0 saturated carbocycles. The SMILES string of the molecule is CC[C@@H](C(=O)O)c1c[nH]c2ccccc12.O=C(O)COc1ccc(Cl)cc1Cl. The van der Waals surface area contributed by atoms with E-state index in [1.165, 1.54) is 12.1 Å². The van der Waals surface area contributed by atoms with E-state index in [-0.39, 0.29) is 0 Å². The lowest BCUT2D eigenvalue weighted by Gasteiger charge is -2.07. The molecule has 0 fully saturated rings. The summed E-state index contributed by atoms with van der Waals surface area (Å²) < 4.78 is 4.86. The predicted octanol–water partition coefficient (Wildman–Crippen LogP) is 5.20. The van der Waals surface area contributed by atoms with Gasteiger partial charge >= 0.3 is 11.9 Å². The quantitative estimate of drug-likeness (QED) is 0.505. The van der Waals surface area contributed by atoms with Gasteiger partial charge in [-0.05, 0) is 36.2 Å². The number of hydrogen-bond acceptors (Lipinski definition) is 3. The van der Waals surface area contributed by atoms with Crippen molar-refractivity contribution in [1.29, 1.82) is 0 Å². The van der Waals surface area contributed by atoms with Crippen molar-refractivity contribution in [2.24, 2.45) is 0 Å². The molecular formula is C20H19Cl2NO5. The molecule has 0 bridgehead atoms. The van der Waals surface area contributed by atoms with Gasteiger partial charge in [-0.3, -0.25) is 4.79 Å². The Morgan fingerprint density at radius 2 is 1.86 bits per heavy atom. The second-order valence-electron chi connectivity index (χ2n) is 5.85. The van der Waals surface area contributed by atoms with Gasteiger partial charge in [-0.25, -0.2) is 4.79 Å². The van der Waals surface area contributed by atoms with Crippen LogP contribution in [0.5, 0.6) is 5.75 Å². The van der Waals surface area contributed by atoms with Gasteiger partial charge in [0.1, 0.15) is 5.75 Å². The Morgan fingerprint density at radius 3 is 2.46 bits per heavy atom. The number of aromatic nitrogens is 1. The molecule has 0 unspecified atom stereocenters. The number of ether oxygens (including phenoxy) is 1. The molecule has 6 nitrogen and oxygen atoms in total. The first kappa shape index (κ1) is 21.6. The number of carboxylic acids is 2. The third-order valence-electron chi connectivity index (χ3n) is 3.95. The molecule has 3 rings (SSSR count). The molecule has 0 radical (unpaired) electrons. The number of aromatic amines is 1. The van der Waals surface area contributed by atoms with Crippen LogP contribution in [0.25, 0.3) is 10.9 Å². The Labute approximate surface area is 171 Å². The third kappa shape index (κ3) is 5.65. The maximum atomic E-state index is 11.1. The molecule has 0 aliphatic carbocycles. The number of halogens is 2. The lowest BCUT2D eigenvalue weighted by atomic mass is 9.96. The van der Waals surface area contributed by atoms with E-state index in [9.17, 15) is 9.59 Å². The van der Waals surface area contributed by atoms with Crippen molar-refractivity contribution in [3.05, 3.63) is 64.3 Å². The molecule has 1 atom stereocenters. The van der Waals surface area contributed by atoms with Crippen molar-refractivity contribution in [3.63, 3.8) is 0 Å². The van der Waals surface area contributed by atoms with E-state index in [4.69, 9.17) is 38.2 Å². The third-order valence-corrected chi connectivity index (χ3v) is 4.48. The zero-order valence-corrected chi connectivity index (χ0v) is 16.5. The van der Waals surface area contributed by atoms with Crippen molar-refractivity contribution in [2.75, 3.05) is 6.61 Å². The molecule has 0 aliphatic rings. The van der Waals surface area contributed by atoms with E-state index in [1.807, 2.05) is 31.2 Å². The van der Waals surface area contributed by atoms with Gasteiger partial charge in [0.25, 0.3) is 0 Å². The predicted molar refractivity (Wildman–Crippen MR) is 109 cm³/mol. The first-order valence-corrected chi connectivity index (χ1v) is 9.17. The molecule has 3 aromatic rings. The normalized spacial score (nSPS) is 11.4. The number of rotatable bonds is 6. The summed E-state index contributed by atoms with van der Waals surface area (Å²) in [5.74, 6) is -1.91. The Morgan fingerprint density at radius 1 is 1.14 bits per heavy atom. The Kier molecular flexibility index (Phi) is 7.72. The number of fused-ring (bicyclic) bond motifs is 1. The van der Waals surface area contributed by atoms with Crippen molar-refractivity contribution in [1.82, 2.24) is 4.98 Å². The molecule has 28 heavy (non-hydrogen) atoms. The number of benzene rings is 2. The Hall–Kier alpha value is -2.70. The number of nitrogens with one attached hydrogen (secondary N) is 1. The van der Waals surface area contributed by atoms with Gasteiger partial charge < -0.3 is 19.9 Å². The van der Waals surface area contributed by atoms with E-state index in [2.05, 4.69) is 4.98 Å². The van der Waals surface area contributed by atoms with Crippen LogP contribution in [-0.4, -0.2) is 33.7 Å². The number of H-pyrrole nitrogens is 1. The zero-order chi connectivity index (χ0) is 20.7. The van der Waals surface area contributed by atoms with Gasteiger partial charge in [-0.15, -0.1) is 0 Å². The molecular weight excluding hydrogens is 405 g/mol. The minimum Gasteiger partial charge on any atom is -0.481 e. The van der Waals surface area contributed by atoms with Crippen LogP contribution in [0.4, 0.5) is 0 Å². The Bertz CT molecular complexity index is 970. The summed E-state index contributed by atoms with van der Waals surface area (Å²) in [6, 6.07) is 12.3. The van der Waals surface area contributed by atoms with Gasteiger partial charge in [0.05, 0.1) is 10.9 Å². The van der Waals surface area contributed by atoms with Crippen molar-refractivity contribution >= 4 is 46.0 Å². The fraction of sp³-hybridized carbons (Fsp3) is 0.200. The van der Waals surface area contributed by atoms with Crippen LogP contribution < -0.4 is 4.74 Å². The van der Waals surface area contributed by atoms with Crippen LogP contribution in [0.2, 0.25) is 10.0 Å². The summed E-state index contributed by atoms with van der Waals surface area (Å²) in [5.41, 5.74) is 1.87. The van der Waals surface area contributed by atoms with Gasteiger partial charge in [-0.2, -0.15) is 0 Å². The summed E-state index contributed by atoms with van der Waals surface area (Å²) in [6.07, 6.45) is 2.41. The number of carboxylic acid groups (broad SMARTS) is 2. The standard InChI is InChI=1S/C12H13NO2.C8H6Cl2O3/c1-2-8(12(14)15)10-7-13-11-6-4-3-5-9(10)11;9-5-1-2-7(6(10)3-5)13-4-8(11)12/h3-8,13H,2H2,1H3,(H,14,15);1-3H,4H2,(H,11,12)/t8-;/m1./s1. The molecule has 0 saturated heterocycles. The smallest absolute Gasteiger partial charge is 0.341 e. The molecule has 3 N–H and O–H groups in total. The molecule has 0 aliphatic heterocycles. The Balaban J connectivity index is 0.000000203. The molecule has 1 aromatic heterocycles. The van der Waals surface area contributed by atoms with Crippen molar-refractivity contribution in [3.8, 4) is 5.75 Å². The number of para-hydroxylation sites is 1. The van der Waals surface area contributed by atoms with Crippen LogP contribution in [0.1, 0.15) is 24.8 Å². The first-order valence-electron chi connectivity index (χ1n) is 8.42. The second-order valence-corrected chi connectivity index (χ2v) is 6.69. The molecule has 1 heterocycles. The molecule has 0 amide bonds. The fourth-order valence-electron chi connectivity index (χ4n) is 2.64. The highest BCUT2D eigenvalue weighted by Gasteiger charge is 2.20. The highest BCUT2D eigenvalue weighted by molar-refractivity contribution is 6.35. The molecule has 0 spiro atoms. The molecule has 148 valence electrons. The molecule has 8 heteroatoms. The number of carbonyl (C=O) groups is 2. The van der Waals surface area contributed by atoms with E-state index in [1.54, 1.807) is 12.3 Å². The van der Waals surface area contributed by atoms with Crippen LogP contribution in [0.15, 0.2) is 48.7 Å². The van der Waals surface area contributed by atoms with Crippen molar-refractivity contribution in [2.45, 2.75) is 19.3 Å². The average Bonchev–Trinajstić information content (AvgIpc) is 3.06. The van der Waals surface area contributed by atoms with Gasteiger partial charge in [-0.1, -0.05) is 48.3 Å². The van der Waals surface area contributed by atoms with Crippen LogP contribution in [-0.2, 0) is 9.59 Å². The summed E-state index contributed by atoms with van der Waals surface area (Å²) in [7, 11) is 0. The van der Waals surface area contributed by atoms with E-state index < -0.39 is 24.5 Å². The topological polar surface area (TPSA) is 99.6 Å². The largest absolute Gasteiger partial charge is 0.481 e. The first-order chi connectivity index (χ1) is 13.3.